The fourth-order valence-corrected chi connectivity index (χ4v) is 10.3. The van der Waals surface area contributed by atoms with E-state index in [9.17, 15) is 43.2 Å². The van der Waals surface area contributed by atoms with Gasteiger partial charge in [0.05, 0.1) is 26.4 Å². The van der Waals surface area contributed by atoms with Crippen molar-refractivity contribution in [2.45, 2.75) is 310 Å². The summed E-state index contributed by atoms with van der Waals surface area (Å²) >= 11 is 0. The molecule has 0 spiro atoms. The van der Waals surface area contributed by atoms with Crippen molar-refractivity contribution in [1.82, 2.24) is 0 Å². The van der Waals surface area contributed by atoms with Crippen LogP contribution in [-0.2, 0) is 65.4 Å². The minimum absolute atomic E-state index is 0.104. The summed E-state index contributed by atoms with van der Waals surface area (Å²) in [4.78, 5) is 71.7. The fraction of sp³-hybridized carbons (Fsp3) is 0.932. The standard InChI is InChI=1S/C59H114O17P2/c1-6-9-12-15-18-28-33-38-43-57(62)70-49-55(76-59(64)45-40-35-30-25-23-21-20-22-24-27-31-36-41-52(4)5)51-74-78(67,68)72-47-53(60)46-71-77(65,66)73-50-54(48-69-56(61)42-37-32-26-17-14-11-8-3)75-58(63)44-39-34-29-19-16-13-10-7-2/h52-55,60H,6-51H2,1-5H3,(H,65,66)(H,67,68)/t53-,54+,55+/m0/s1. The first-order valence-electron chi connectivity index (χ1n) is 31.1. The smallest absolute Gasteiger partial charge is 0.462 e. The van der Waals surface area contributed by atoms with Gasteiger partial charge < -0.3 is 33.8 Å². The molecule has 0 rings (SSSR count). The van der Waals surface area contributed by atoms with Crippen LogP contribution in [0.3, 0.4) is 0 Å². The molecule has 78 heavy (non-hydrogen) atoms. The molecule has 0 saturated heterocycles. The summed E-state index contributed by atoms with van der Waals surface area (Å²) in [7, 11) is -9.86. The van der Waals surface area contributed by atoms with Gasteiger partial charge in [-0.05, 0) is 31.6 Å². The number of aliphatic hydroxyl groups is 1. The minimum atomic E-state index is -4.94. The largest absolute Gasteiger partial charge is 0.472 e. The van der Waals surface area contributed by atoms with E-state index in [4.69, 9.17) is 37.0 Å². The zero-order valence-electron chi connectivity index (χ0n) is 49.8. The van der Waals surface area contributed by atoms with Gasteiger partial charge in [-0.25, -0.2) is 9.13 Å². The molecule has 0 aromatic rings. The highest BCUT2D eigenvalue weighted by Gasteiger charge is 2.30. The summed E-state index contributed by atoms with van der Waals surface area (Å²) in [6.07, 6.45) is 35.0. The molecule has 3 N–H and O–H groups in total. The Hall–Kier alpha value is -1.94. The third-order valence-corrected chi connectivity index (χ3v) is 15.4. The number of rotatable bonds is 59. The summed E-state index contributed by atoms with van der Waals surface area (Å²) in [6.45, 7) is 7.07. The summed E-state index contributed by atoms with van der Waals surface area (Å²) < 4.78 is 67.6. The van der Waals surface area contributed by atoms with Crippen molar-refractivity contribution in [2.75, 3.05) is 39.6 Å². The Morgan fingerprint density at radius 2 is 0.590 bits per heavy atom. The fourth-order valence-electron chi connectivity index (χ4n) is 8.70. The van der Waals surface area contributed by atoms with Crippen LogP contribution in [0.25, 0.3) is 0 Å². The molecule has 0 aromatic heterocycles. The number of carbonyl (C=O) groups excluding carboxylic acids is 4. The zero-order valence-corrected chi connectivity index (χ0v) is 51.6. The minimum Gasteiger partial charge on any atom is -0.462 e. The molecule has 0 aromatic carbocycles. The van der Waals surface area contributed by atoms with E-state index >= 15 is 0 Å². The molecule has 19 heteroatoms. The summed E-state index contributed by atoms with van der Waals surface area (Å²) in [6, 6.07) is 0. The second-order valence-electron chi connectivity index (χ2n) is 21.9. The third kappa shape index (κ3) is 53.4. The first kappa shape index (κ1) is 76.1. The van der Waals surface area contributed by atoms with Crippen molar-refractivity contribution >= 4 is 39.5 Å². The predicted octanol–water partition coefficient (Wildman–Crippen LogP) is 15.8. The SMILES string of the molecule is CCCCCCCCCCC(=O)OC[C@H](COP(=O)(O)OC[C@@H](O)COP(=O)(O)OC[C@@H](COC(=O)CCCCCCCCC)OC(=O)CCCCCCCCCC)OC(=O)CCCCCCCCCCCCCCC(C)C. The zero-order chi connectivity index (χ0) is 57.8. The van der Waals surface area contributed by atoms with Crippen LogP contribution in [0, 0.1) is 5.92 Å². The second kappa shape index (κ2) is 53.1. The van der Waals surface area contributed by atoms with Gasteiger partial charge in [-0.1, -0.05) is 240 Å². The van der Waals surface area contributed by atoms with E-state index in [1.165, 1.54) is 89.9 Å². The Morgan fingerprint density at radius 1 is 0.346 bits per heavy atom. The van der Waals surface area contributed by atoms with Gasteiger partial charge in [0, 0.05) is 25.7 Å². The Bertz CT molecular complexity index is 1530. The van der Waals surface area contributed by atoms with E-state index in [1.54, 1.807) is 0 Å². The predicted molar refractivity (Wildman–Crippen MR) is 308 cm³/mol. The molecule has 17 nitrogen and oxygen atoms in total. The molecular weight excluding hydrogens is 1040 g/mol. The van der Waals surface area contributed by atoms with E-state index in [0.717, 1.165) is 121 Å². The van der Waals surface area contributed by atoms with Crippen molar-refractivity contribution in [1.29, 1.82) is 0 Å². The summed E-state index contributed by atoms with van der Waals surface area (Å²) in [5, 5.41) is 10.5. The normalized spacial score (nSPS) is 14.4. The van der Waals surface area contributed by atoms with Gasteiger partial charge >= 0.3 is 39.5 Å². The number of unbranched alkanes of at least 4 members (excludes halogenated alkanes) is 31. The van der Waals surface area contributed by atoms with Gasteiger partial charge in [-0.15, -0.1) is 0 Å². The lowest BCUT2D eigenvalue weighted by molar-refractivity contribution is -0.161. The van der Waals surface area contributed by atoms with Gasteiger partial charge in [-0.2, -0.15) is 0 Å². The lowest BCUT2D eigenvalue weighted by atomic mass is 10.0. The van der Waals surface area contributed by atoms with Gasteiger partial charge in [0.25, 0.3) is 0 Å². The Balaban J connectivity index is 5.16. The molecule has 0 fully saturated rings. The molecular formula is C59H114O17P2. The molecule has 5 atom stereocenters. The topological polar surface area (TPSA) is 237 Å². The molecule has 0 bridgehead atoms. The highest BCUT2D eigenvalue weighted by atomic mass is 31.2. The maximum absolute atomic E-state index is 12.9. The summed E-state index contributed by atoms with van der Waals surface area (Å²) in [5.41, 5.74) is 0. The van der Waals surface area contributed by atoms with Crippen molar-refractivity contribution in [3.8, 4) is 0 Å². The number of hydrogen-bond donors (Lipinski definition) is 3. The van der Waals surface area contributed by atoms with Crippen LogP contribution < -0.4 is 0 Å². The van der Waals surface area contributed by atoms with Crippen molar-refractivity contribution in [3.63, 3.8) is 0 Å². The van der Waals surface area contributed by atoms with Crippen LogP contribution in [0.15, 0.2) is 0 Å². The number of carbonyl (C=O) groups is 4. The molecule has 0 radical (unpaired) electrons. The molecule has 0 amide bonds. The molecule has 0 heterocycles. The van der Waals surface area contributed by atoms with Crippen LogP contribution in [-0.4, -0.2) is 96.7 Å². The molecule has 0 aliphatic carbocycles. The van der Waals surface area contributed by atoms with Gasteiger partial charge in [0.2, 0.25) is 0 Å². The first-order valence-corrected chi connectivity index (χ1v) is 34.1. The maximum atomic E-state index is 12.9. The van der Waals surface area contributed by atoms with Gasteiger partial charge in [-0.3, -0.25) is 37.3 Å². The van der Waals surface area contributed by atoms with Crippen molar-refractivity contribution < 1.29 is 80.2 Å². The third-order valence-electron chi connectivity index (χ3n) is 13.5. The maximum Gasteiger partial charge on any atom is 0.472 e. The van der Waals surface area contributed by atoms with Crippen LogP contribution in [0.2, 0.25) is 0 Å². The van der Waals surface area contributed by atoms with Crippen molar-refractivity contribution in [3.05, 3.63) is 0 Å². The Labute approximate surface area is 473 Å². The monoisotopic (exact) mass is 1160 g/mol. The highest BCUT2D eigenvalue weighted by Crippen LogP contribution is 2.45. The van der Waals surface area contributed by atoms with Crippen LogP contribution in [0.4, 0.5) is 0 Å². The molecule has 0 aliphatic rings. The highest BCUT2D eigenvalue weighted by molar-refractivity contribution is 7.47. The molecule has 2 unspecified atom stereocenters. The second-order valence-corrected chi connectivity index (χ2v) is 24.8. The van der Waals surface area contributed by atoms with Gasteiger partial charge in [0.1, 0.15) is 19.3 Å². The number of hydrogen-bond acceptors (Lipinski definition) is 15. The quantitative estimate of drug-likeness (QED) is 0.0222. The number of phosphoric acid groups is 2. The van der Waals surface area contributed by atoms with E-state index < -0.39 is 97.5 Å². The van der Waals surface area contributed by atoms with Gasteiger partial charge in [0.15, 0.2) is 12.2 Å². The number of esters is 4. The van der Waals surface area contributed by atoms with E-state index in [1.807, 2.05) is 0 Å². The van der Waals surface area contributed by atoms with Crippen LogP contribution in [0.5, 0.6) is 0 Å². The molecule has 462 valence electrons. The lowest BCUT2D eigenvalue weighted by Gasteiger charge is -2.21. The van der Waals surface area contributed by atoms with E-state index in [-0.39, 0.29) is 25.7 Å². The van der Waals surface area contributed by atoms with Crippen molar-refractivity contribution in [2.24, 2.45) is 5.92 Å². The average molecular weight is 1160 g/mol. The Morgan fingerprint density at radius 3 is 0.872 bits per heavy atom. The van der Waals surface area contributed by atoms with E-state index in [2.05, 4.69) is 34.6 Å². The van der Waals surface area contributed by atoms with Crippen LogP contribution in [0.1, 0.15) is 291 Å². The molecule has 0 saturated carbocycles. The first-order chi connectivity index (χ1) is 37.5. The molecule has 0 aliphatic heterocycles. The summed E-state index contributed by atoms with van der Waals surface area (Å²) in [5.74, 6) is -1.37. The average Bonchev–Trinajstić information content (AvgIpc) is 3.40. The Kier molecular flexibility index (Phi) is 51.8. The lowest BCUT2D eigenvalue weighted by Crippen LogP contribution is -2.30. The number of phosphoric ester groups is 2. The van der Waals surface area contributed by atoms with Crippen LogP contribution >= 0.6 is 15.6 Å². The number of aliphatic hydroxyl groups excluding tert-OH is 1. The van der Waals surface area contributed by atoms with E-state index in [0.29, 0.717) is 25.7 Å². The number of ether oxygens (including phenoxy) is 4.